The predicted molar refractivity (Wildman–Crippen MR) is 128 cm³/mol. The molecule has 8 nitrogen and oxygen atoms in total. The molecule has 33 heavy (non-hydrogen) atoms. The maximum Gasteiger partial charge on any atom is 0.236 e. The molecule has 0 saturated heterocycles. The Morgan fingerprint density at radius 3 is 2.64 bits per heavy atom. The van der Waals surface area contributed by atoms with E-state index in [1.165, 1.54) is 0 Å². The molecule has 0 aliphatic carbocycles. The van der Waals surface area contributed by atoms with E-state index in [2.05, 4.69) is 25.5 Å². The first-order chi connectivity index (χ1) is 15.7. The summed E-state index contributed by atoms with van der Waals surface area (Å²) >= 11 is 0. The Balaban J connectivity index is 1.86. The minimum Gasteiger partial charge on any atom is -0.371 e. The summed E-state index contributed by atoms with van der Waals surface area (Å²) in [6.07, 6.45) is 1.10. The van der Waals surface area contributed by atoms with Crippen LogP contribution in [0.5, 0.6) is 0 Å². The van der Waals surface area contributed by atoms with E-state index in [0.717, 1.165) is 22.8 Å². The number of H-pyrrole nitrogens is 1. The molecule has 4 rings (SSSR count). The lowest BCUT2D eigenvalue weighted by atomic mass is 10.1. The summed E-state index contributed by atoms with van der Waals surface area (Å²) in [6.45, 7) is 5.27. The number of anilines is 4. The number of rotatable bonds is 7. The molecule has 0 atom stereocenters. The minimum absolute atomic E-state index is 0.0558. The number of nitrogens with one attached hydrogen (secondary N) is 2. The first kappa shape index (κ1) is 22.7. The van der Waals surface area contributed by atoms with Crippen LogP contribution in [0.3, 0.4) is 0 Å². The zero-order valence-corrected chi connectivity index (χ0v) is 19.6. The van der Waals surface area contributed by atoms with Gasteiger partial charge in [0.15, 0.2) is 21.5 Å². The molecule has 0 amide bonds. The highest BCUT2D eigenvalue weighted by molar-refractivity contribution is 7.91. The van der Waals surface area contributed by atoms with Crippen molar-refractivity contribution in [3.8, 4) is 0 Å². The molecule has 0 unspecified atom stereocenters. The van der Waals surface area contributed by atoms with Crippen molar-refractivity contribution in [1.29, 1.82) is 0 Å². The first-order valence-electron chi connectivity index (χ1n) is 10.5. The summed E-state index contributed by atoms with van der Waals surface area (Å²) in [5.74, 6) is -0.372. The fourth-order valence-electron chi connectivity index (χ4n) is 3.48. The Morgan fingerprint density at radius 1 is 1.15 bits per heavy atom. The molecule has 2 aromatic carbocycles. The SMILES string of the molecule is CNc1nc(N(c2cccc(CS(=O)(=O)C(C)C)c2)c2ccc3c(C)[nH]nc3c2)ncc1F. The monoisotopic (exact) mass is 468 g/mol. The summed E-state index contributed by atoms with van der Waals surface area (Å²) < 4.78 is 39.1. The maximum atomic E-state index is 14.1. The van der Waals surface area contributed by atoms with Crippen molar-refractivity contribution in [1.82, 2.24) is 20.2 Å². The molecule has 172 valence electrons. The van der Waals surface area contributed by atoms with Crippen LogP contribution < -0.4 is 10.2 Å². The van der Waals surface area contributed by atoms with Gasteiger partial charge in [0.1, 0.15) is 0 Å². The molecule has 4 aromatic rings. The van der Waals surface area contributed by atoms with Gasteiger partial charge in [0, 0.05) is 23.8 Å². The third-order valence-electron chi connectivity index (χ3n) is 5.41. The van der Waals surface area contributed by atoms with Gasteiger partial charge in [-0.1, -0.05) is 12.1 Å². The topological polar surface area (TPSA) is 104 Å². The lowest BCUT2D eigenvalue weighted by Gasteiger charge is -2.24. The quantitative estimate of drug-likeness (QED) is 0.407. The normalized spacial score (nSPS) is 11.8. The van der Waals surface area contributed by atoms with Crippen molar-refractivity contribution in [3.05, 3.63) is 65.7 Å². The number of halogens is 1. The molecule has 0 radical (unpaired) electrons. The number of nitrogens with zero attached hydrogens (tertiary/aromatic N) is 4. The van der Waals surface area contributed by atoms with Crippen molar-refractivity contribution < 1.29 is 12.8 Å². The van der Waals surface area contributed by atoms with E-state index >= 15 is 0 Å². The smallest absolute Gasteiger partial charge is 0.236 e. The van der Waals surface area contributed by atoms with Gasteiger partial charge in [-0.3, -0.25) is 10.00 Å². The third kappa shape index (κ3) is 4.51. The van der Waals surface area contributed by atoms with Crippen molar-refractivity contribution in [2.24, 2.45) is 0 Å². The van der Waals surface area contributed by atoms with E-state index < -0.39 is 20.9 Å². The van der Waals surface area contributed by atoms with E-state index in [9.17, 15) is 12.8 Å². The Bertz CT molecular complexity index is 1420. The van der Waals surface area contributed by atoms with Gasteiger partial charge < -0.3 is 5.32 Å². The van der Waals surface area contributed by atoms with Gasteiger partial charge in [-0.05, 0) is 56.7 Å². The van der Waals surface area contributed by atoms with Gasteiger partial charge in [0.2, 0.25) is 5.95 Å². The van der Waals surface area contributed by atoms with Crippen molar-refractivity contribution in [3.63, 3.8) is 0 Å². The van der Waals surface area contributed by atoms with Crippen LogP contribution in [0.25, 0.3) is 10.9 Å². The molecular formula is C23H25FN6O2S. The zero-order valence-electron chi connectivity index (χ0n) is 18.8. The zero-order chi connectivity index (χ0) is 23.8. The average Bonchev–Trinajstić information content (AvgIpc) is 3.15. The van der Waals surface area contributed by atoms with Crippen molar-refractivity contribution >= 4 is 43.9 Å². The molecule has 0 bridgehead atoms. The molecule has 0 spiro atoms. The standard InChI is InChI=1S/C23H25FN6O2S/c1-14(2)33(31,32)13-16-6-5-7-17(10-16)30(23-26-12-20(24)22(25-4)27-23)18-8-9-19-15(3)28-29-21(19)11-18/h5-12,14H,13H2,1-4H3,(H,28,29)(H,25,26,27). The number of fused-ring (bicyclic) bond motifs is 1. The Kier molecular flexibility index (Phi) is 6.03. The van der Waals surface area contributed by atoms with Crippen molar-refractivity contribution in [2.45, 2.75) is 31.8 Å². The second-order valence-electron chi connectivity index (χ2n) is 8.03. The van der Waals surface area contributed by atoms with E-state index in [4.69, 9.17) is 0 Å². The van der Waals surface area contributed by atoms with E-state index in [0.29, 0.717) is 16.9 Å². The van der Waals surface area contributed by atoms with Gasteiger partial charge in [0.05, 0.1) is 28.4 Å². The highest BCUT2D eigenvalue weighted by Crippen LogP contribution is 2.35. The molecule has 10 heteroatoms. The summed E-state index contributed by atoms with van der Waals surface area (Å²) in [4.78, 5) is 10.3. The Morgan fingerprint density at radius 2 is 1.91 bits per heavy atom. The van der Waals surface area contributed by atoms with Crippen LogP contribution in [0.1, 0.15) is 25.1 Å². The molecule has 0 saturated carbocycles. The number of aromatic amines is 1. The maximum absolute atomic E-state index is 14.1. The fourth-order valence-corrected chi connectivity index (χ4v) is 4.46. The molecule has 0 aliphatic rings. The number of benzene rings is 2. The fraction of sp³-hybridized carbons (Fsp3) is 0.261. The van der Waals surface area contributed by atoms with E-state index in [1.807, 2.05) is 31.2 Å². The number of hydrogen-bond donors (Lipinski definition) is 2. The van der Waals surface area contributed by atoms with Gasteiger partial charge in [0.25, 0.3) is 0 Å². The second-order valence-corrected chi connectivity index (χ2v) is 10.6. The highest BCUT2D eigenvalue weighted by Gasteiger charge is 2.21. The second kappa shape index (κ2) is 8.78. The Hall–Kier alpha value is -3.53. The lowest BCUT2D eigenvalue weighted by Crippen LogP contribution is -2.17. The number of sulfone groups is 1. The molecule has 0 fully saturated rings. The molecule has 2 aromatic heterocycles. The Labute approximate surface area is 191 Å². The third-order valence-corrected chi connectivity index (χ3v) is 7.58. The minimum atomic E-state index is -3.29. The van der Waals surface area contributed by atoms with Crippen LogP contribution >= 0.6 is 0 Å². The van der Waals surface area contributed by atoms with E-state index in [-0.39, 0.29) is 17.5 Å². The van der Waals surface area contributed by atoms with Crippen LogP contribution in [0.2, 0.25) is 0 Å². The molecule has 2 heterocycles. The van der Waals surface area contributed by atoms with Crippen LogP contribution in [-0.4, -0.2) is 40.9 Å². The van der Waals surface area contributed by atoms with Crippen LogP contribution in [0, 0.1) is 12.7 Å². The van der Waals surface area contributed by atoms with E-state index in [1.54, 1.807) is 44.0 Å². The highest BCUT2D eigenvalue weighted by atomic mass is 32.2. The summed E-state index contributed by atoms with van der Waals surface area (Å²) in [5.41, 5.74) is 3.68. The molecule has 0 aliphatic heterocycles. The molecular weight excluding hydrogens is 443 g/mol. The van der Waals surface area contributed by atoms with Crippen LogP contribution in [-0.2, 0) is 15.6 Å². The van der Waals surface area contributed by atoms with Gasteiger partial charge in [-0.15, -0.1) is 0 Å². The number of hydrogen-bond acceptors (Lipinski definition) is 7. The van der Waals surface area contributed by atoms with Gasteiger partial charge >= 0.3 is 0 Å². The summed E-state index contributed by atoms with van der Waals surface area (Å²) in [6, 6.07) is 12.9. The summed E-state index contributed by atoms with van der Waals surface area (Å²) in [5, 5.41) is 10.5. The number of aromatic nitrogens is 4. The van der Waals surface area contributed by atoms with Gasteiger partial charge in [-0.2, -0.15) is 10.1 Å². The predicted octanol–water partition coefficient (Wildman–Crippen LogP) is 4.64. The van der Waals surface area contributed by atoms with Crippen molar-refractivity contribution in [2.75, 3.05) is 17.3 Å². The lowest BCUT2D eigenvalue weighted by molar-refractivity contribution is 0.586. The molecule has 2 N–H and O–H groups in total. The first-order valence-corrected chi connectivity index (χ1v) is 12.2. The largest absolute Gasteiger partial charge is 0.371 e. The van der Waals surface area contributed by atoms with Gasteiger partial charge in [-0.25, -0.2) is 17.8 Å². The number of aryl methyl sites for hydroxylation is 1. The summed E-state index contributed by atoms with van der Waals surface area (Å²) in [7, 11) is -1.71. The average molecular weight is 469 g/mol. The van der Waals surface area contributed by atoms with Crippen LogP contribution in [0.15, 0.2) is 48.7 Å². The van der Waals surface area contributed by atoms with Crippen LogP contribution in [0.4, 0.5) is 27.5 Å².